The van der Waals surface area contributed by atoms with Crippen molar-refractivity contribution >= 4 is 23.4 Å². The topological polar surface area (TPSA) is 56.2 Å². The summed E-state index contributed by atoms with van der Waals surface area (Å²) in [5.74, 6) is -0.916. The normalized spacial score (nSPS) is 10.7. The number of rotatable bonds is 7. The molecule has 32 heavy (non-hydrogen) atoms. The highest BCUT2D eigenvalue weighted by Crippen LogP contribution is 2.24. The molecule has 0 radical (unpaired) electrons. The van der Waals surface area contributed by atoms with E-state index in [1.807, 2.05) is 24.5 Å². The molecule has 162 valence electrons. The number of carbonyl (C=O) groups excluding carboxylic acids is 1. The molecule has 0 saturated carbocycles. The minimum atomic E-state index is -0.446. The number of carbonyl (C=O) groups is 1. The molecule has 0 fully saturated rings. The predicted molar refractivity (Wildman–Crippen MR) is 120 cm³/mol. The van der Waals surface area contributed by atoms with Gasteiger partial charge in [-0.3, -0.25) is 4.79 Å². The molecule has 4 aromatic rings. The van der Waals surface area contributed by atoms with E-state index in [0.29, 0.717) is 11.4 Å². The highest BCUT2D eigenvalue weighted by Gasteiger charge is 2.20. The lowest BCUT2D eigenvalue weighted by atomic mass is 10.2. The van der Waals surface area contributed by atoms with Gasteiger partial charge < -0.3 is 10.1 Å². The molecule has 1 heterocycles. The van der Waals surface area contributed by atoms with Crippen LogP contribution in [0.25, 0.3) is 5.69 Å². The first-order valence-electron chi connectivity index (χ1n) is 9.70. The van der Waals surface area contributed by atoms with Crippen LogP contribution in [0, 0.1) is 11.6 Å². The van der Waals surface area contributed by atoms with Gasteiger partial charge in [-0.2, -0.15) is 5.10 Å². The first kappa shape index (κ1) is 21.6. The number of benzene rings is 3. The second kappa shape index (κ2) is 9.65. The molecule has 0 unspecified atom stereocenters. The van der Waals surface area contributed by atoms with Crippen molar-refractivity contribution in [3.05, 3.63) is 102 Å². The Morgan fingerprint density at radius 3 is 2.41 bits per heavy atom. The van der Waals surface area contributed by atoms with Crippen LogP contribution in [0.1, 0.15) is 16.1 Å². The summed E-state index contributed by atoms with van der Waals surface area (Å²) >= 11 is 1.57. The highest BCUT2D eigenvalue weighted by atomic mass is 32.2. The van der Waals surface area contributed by atoms with Crippen molar-refractivity contribution in [2.45, 2.75) is 11.5 Å². The fourth-order valence-electron chi connectivity index (χ4n) is 2.98. The Kier molecular flexibility index (Phi) is 6.51. The Bertz CT molecular complexity index is 1220. The van der Waals surface area contributed by atoms with Gasteiger partial charge in [0.15, 0.2) is 11.4 Å². The number of hydrogen-bond donors (Lipinski definition) is 1. The average molecular weight is 451 g/mol. The highest BCUT2D eigenvalue weighted by molar-refractivity contribution is 7.98. The number of thioether (sulfide) groups is 1. The smallest absolute Gasteiger partial charge is 0.280 e. The van der Waals surface area contributed by atoms with Gasteiger partial charge in [0.05, 0.1) is 11.9 Å². The maximum absolute atomic E-state index is 13.3. The summed E-state index contributed by atoms with van der Waals surface area (Å²) in [6.07, 6.45) is 3.51. The monoisotopic (exact) mass is 451 g/mol. The molecule has 0 bridgehead atoms. The molecule has 0 aliphatic rings. The molecule has 0 aliphatic heterocycles. The summed E-state index contributed by atoms with van der Waals surface area (Å²) in [5.41, 5.74) is 2.01. The fraction of sp³-hybridized carbons (Fsp3) is 0.0833. The fourth-order valence-corrected chi connectivity index (χ4v) is 3.44. The second-order valence-electron chi connectivity index (χ2n) is 6.86. The van der Waals surface area contributed by atoms with Crippen molar-refractivity contribution in [3.8, 4) is 11.4 Å². The van der Waals surface area contributed by atoms with Crippen LogP contribution in [0.5, 0.6) is 5.75 Å². The van der Waals surface area contributed by atoms with Crippen LogP contribution in [-0.4, -0.2) is 21.9 Å². The zero-order valence-corrected chi connectivity index (χ0v) is 17.9. The summed E-state index contributed by atoms with van der Waals surface area (Å²) in [4.78, 5) is 14.0. The number of aromatic nitrogens is 2. The Balaban J connectivity index is 1.62. The van der Waals surface area contributed by atoms with E-state index < -0.39 is 5.91 Å². The molecule has 4 rings (SSSR count). The van der Waals surface area contributed by atoms with Crippen LogP contribution in [-0.2, 0) is 6.61 Å². The third-order valence-electron chi connectivity index (χ3n) is 4.62. The molecular formula is C24H19F2N3O2S. The zero-order chi connectivity index (χ0) is 22.5. The Hall–Kier alpha value is -3.65. The van der Waals surface area contributed by atoms with E-state index in [2.05, 4.69) is 10.4 Å². The second-order valence-corrected chi connectivity index (χ2v) is 7.74. The van der Waals surface area contributed by atoms with E-state index in [-0.39, 0.29) is 29.7 Å². The van der Waals surface area contributed by atoms with Crippen molar-refractivity contribution in [1.29, 1.82) is 0 Å². The SMILES string of the molecule is CSc1cccc(NC(=O)c2nn(-c3ccc(F)cc3)cc2OCc2ccc(F)cc2)c1. The molecule has 0 spiro atoms. The van der Waals surface area contributed by atoms with Crippen molar-refractivity contribution in [3.63, 3.8) is 0 Å². The molecule has 8 heteroatoms. The van der Waals surface area contributed by atoms with Crippen LogP contribution in [0.2, 0.25) is 0 Å². The van der Waals surface area contributed by atoms with E-state index in [4.69, 9.17) is 4.74 Å². The molecule has 1 N–H and O–H groups in total. The zero-order valence-electron chi connectivity index (χ0n) is 17.1. The molecule has 0 atom stereocenters. The van der Waals surface area contributed by atoms with Gasteiger partial charge in [0.1, 0.15) is 18.2 Å². The number of nitrogens with zero attached hydrogens (tertiary/aromatic N) is 2. The predicted octanol–water partition coefficient (Wildman–Crippen LogP) is 5.70. The lowest BCUT2D eigenvalue weighted by Gasteiger charge is -2.08. The van der Waals surface area contributed by atoms with E-state index in [1.165, 1.54) is 28.9 Å². The standard InChI is InChI=1S/C24H19F2N3O2S/c1-32-21-4-2-3-19(13-21)27-24(30)23-22(31-15-16-5-7-17(25)8-6-16)14-29(28-23)20-11-9-18(26)10-12-20/h2-14H,15H2,1H3,(H,27,30). The molecule has 0 saturated heterocycles. The Labute approximate surface area is 188 Å². The molecule has 0 aliphatic carbocycles. The van der Waals surface area contributed by atoms with Crippen LogP contribution in [0.15, 0.2) is 83.9 Å². The van der Waals surface area contributed by atoms with Gasteiger partial charge in [-0.1, -0.05) is 18.2 Å². The van der Waals surface area contributed by atoms with Crippen LogP contribution in [0.4, 0.5) is 14.5 Å². The number of amides is 1. The third-order valence-corrected chi connectivity index (χ3v) is 5.35. The number of halogens is 2. The lowest BCUT2D eigenvalue weighted by molar-refractivity contribution is 0.101. The van der Waals surface area contributed by atoms with Gasteiger partial charge in [-0.05, 0) is 66.4 Å². The van der Waals surface area contributed by atoms with Crippen molar-refractivity contribution in [2.24, 2.45) is 0 Å². The van der Waals surface area contributed by atoms with Gasteiger partial charge in [0, 0.05) is 10.6 Å². The molecule has 1 aromatic heterocycles. The molecule has 5 nitrogen and oxygen atoms in total. The quantitative estimate of drug-likeness (QED) is 0.366. The van der Waals surface area contributed by atoms with Crippen LogP contribution in [0.3, 0.4) is 0 Å². The maximum atomic E-state index is 13.3. The summed E-state index contributed by atoms with van der Waals surface area (Å²) < 4.78 is 33.8. The number of hydrogen-bond acceptors (Lipinski definition) is 4. The largest absolute Gasteiger partial charge is 0.485 e. The van der Waals surface area contributed by atoms with Gasteiger partial charge in [0.2, 0.25) is 0 Å². The third kappa shape index (κ3) is 5.15. The summed E-state index contributed by atoms with van der Waals surface area (Å²) in [6.45, 7) is 0.123. The summed E-state index contributed by atoms with van der Waals surface area (Å²) in [6, 6.07) is 19.1. The van der Waals surface area contributed by atoms with Crippen LogP contribution < -0.4 is 10.1 Å². The Morgan fingerprint density at radius 2 is 1.72 bits per heavy atom. The number of ether oxygens (including phenoxy) is 1. The van der Waals surface area contributed by atoms with E-state index in [0.717, 1.165) is 10.5 Å². The van der Waals surface area contributed by atoms with Gasteiger partial charge >= 0.3 is 0 Å². The van der Waals surface area contributed by atoms with Gasteiger partial charge in [-0.15, -0.1) is 11.8 Å². The first-order valence-corrected chi connectivity index (χ1v) is 10.9. The maximum Gasteiger partial charge on any atom is 0.280 e. The number of nitrogens with one attached hydrogen (secondary N) is 1. The van der Waals surface area contributed by atoms with Gasteiger partial charge in [-0.25, -0.2) is 13.5 Å². The first-order chi connectivity index (χ1) is 15.5. The lowest BCUT2D eigenvalue weighted by Crippen LogP contribution is -2.14. The minimum absolute atomic E-state index is 0.0750. The molecular weight excluding hydrogens is 432 g/mol. The van der Waals surface area contributed by atoms with Crippen LogP contribution >= 0.6 is 11.8 Å². The van der Waals surface area contributed by atoms with Crippen molar-refractivity contribution in [1.82, 2.24) is 9.78 Å². The van der Waals surface area contributed by atoms with Gasteiger partial charge in [0.25, 0.3) is 5.91 Å². The van der Waals surface area contributed by atoms with E-state index in [9.17, 15) is 13.6 Å². The average Bonchev–Trinajstić information content (AvgIpc) is 3.24. The molecule has 3 aromatic carbocycles. The summed E-state index contributed by atoms with van der Waals surface area (Å²) in [5, 5.41) is 7.20. The minimum Gasteiger partial charge on any atom is -0.485 e. The van der Waals surface area contributed by atoms with E-state index in [1.54, 1.807) is 48.3 Å². The number of anilines is 1. The van der Waals surface area contributed by atoms with Crippen molar-refractivity contribution in [2.75, 3.05) is 11.6 Å². The molecule has 1 amide bonds. The Morgan fingerprint density at radius 1 is 1.03 bits per heavy atom. The summed E-state index contributed by atoms with van der Waals surface area (Å²) in [7, 11) is 0. The van der Waals surface area contributed by atoms with Crippen molar-refractivity contribution < 1.29 is 18.3 Å². The van der Waals surface area contributed by atoms with E-state index >= 15 is 0 Å².